The Balaban J connectivity index is 1.98. The van der Waals surface area contributed by atoms with Crippen LogP contribution in [-0.4, -0.2) is 15.6 Å². The van der Waals surface area contributed by atoms with E-state index in [4.69, 9.17) is 5.11 Å². The SMILES string of the molecule is Cn1cc(Br)cc1C(=O)NCc1ccc(CO)cc1. The van der Waals surface area contributed by atoms with Gasteiger partial charge in [-0.2, -0.15) is 0 Å². The summed E-state index contributed by atoms with van der Waals surface area (Å²) in [5.41, 5.74) is 2.47. The van der Waals surface area contributed by atoms with Crippen molar-refractivity contribution in [3.8, 4) is 0 Å². The van der Waals surface area contributed by atoms with Gasteiger partial charge in [0.15, 0.2) is 0 Å². The third kappa shape index (κ3) is 3.45. The number of amides is 1. The molecule has 0 aliphatic carbocycles. The van der Waals surface area contributed by atoms with Gasteiger partial charge in [0.2, 0.25) is 0 Å². The monoisotopic (exact) mass is 322 g/mol. The number of nitrogens with one attached hydrogen (secondary N) is 1. The van der Waals surface area contributed by atoms with Crippen LogP contribution in [0.15, 0.2) is 41.0 Å². The Kier molecular flexibility index (Phi) is 4.39. The van der Waals surface area contributed by atoms with Crippen LogP contribution in [0.4, 0.5) is 0 Å². The lowest BCUT2D eigenvalue weighted by atomic mass is 10.1. The van der Waals surface area contributed by atoms with Gasteiger partial charge in [-0.05, 0) is 33.1 Å². The van der Waals surface area contributed by atoms with Gasteiger partial charge in [-0.3, -0.25) is 4.79 Å². The number of rotatable bonds is 4. The summed E-state index contributed by atoms with van der Waals surface area (Å²) in [6.45, 7) is 0.497. The summed E-state index contributed by atoms with van der Waals surface area (Å²) >= 11 is 3.34. The number of carbonyl (C=O) groups excluding carboxylic acids is 1. The molecule has 4 nitrogen and oxygen atoms in total. The number of nitrogens with zero attached hydrogens (tertiary/aromatic N) is 1. The second-order valence-electron chi connectivity index (χ2n) is 4.31. The molecule has 2 aromatic rings. The standard InChI is InChI=1S/C14H15BrN2O2/c1-17-8-12(15)6-13(17)14(19)16-7-10-2-4-11(9-18)5-3-10/h2-6,8,18H,7,9H2,1H3,(H,16,19). The minimum Gasteiger partial charge on any atom is -0.392 e. The predicted octanol–water partition coefficient (Wildman–Crippen LogP) is 2.21. The predicted molar refractivity (Wildman–Crippen MR) is 76.6 cm³/mol. The number of hydrogen-bond acceptors (Lipinski definition) is 2. The van der Waals surface area contributed by atoms with E-state index in [1.165, 1.54) is 0 Å². The summed E-state index contributed by atoms with van der Waals surface area (Å²) in [7, 11) is 1.83. The van der Waals surface area contributed by atoms with Crippen molar-refractivity contribution < 1.29 is 9.90 Å². The van der Waals surface area contributed by atoms with Gasteiger partial charge >= 0.3 is 0 Å². The van der Waals surface area contributed by atoms with Crippen LogP contribution in [0.3, 0.4) is 0 Å². The van der Waals surface area contributed by atoms with E-state index in [1.807, 2.05) is 37.5 Å². The van der Waals surface area contributed by atoms with E-state index in [-0.39, 0.29) is 12.5 Å². The molecule has 0 saturated heterocycles. The molecular weight excluding hydrogens is 308 g/mol. The molecular formula is C14H15BrN2O2. The van der Waals surface area contributed by atoms with E-state index in [1.54, 1.807) is 10.6 Å². The molecule has 0 aliphatic rings. The molecule has 2 rings (SSSR count). The van der Waals surface area contributed by atoms with E-state index in [2.05, 4.69) is 21.2 Å². The van der Waals surface area contributed by atoms with Gasteiger partial charge in [-0.1, -0.05) is 24.3 Å². The first-order valence-electron chi connectivity index (χ1n) is 5.89. The van der Waals surface area contributed by atoms with Crippen LogP contribution in [0.2, 0.25) is 0 Å². The first-order chi connectivity index (χ1) is 9.10. The van der Waals surface area contributed by atoms with Crippen molar-refractivity contribution in [2.24, 2.45) is 7.05 Å². The molecule has 0 atom stereocenters. The van der Waals surface area contributed by atoms with Crippen LogP contribution < -0.4 is 5.32 Å². The Labute approximate surface area is 120 Å². The topological polar surface area (TPSA) is 54.3 Å². The van der Waals surface area contributed by atoms with Gasteiger partial charge in [0.05, 0.1) is 6.61 Å². The highest BCUT2D eigenvalue weighted by atomic mass is 79.9. The van der Waals surface area contributed by atoms with Crippen molar-refractivity contribution in [3.05, 3.63) is 57.8 Å². The van der Waals surface area contributed by atoms with E-state index in [0.29, 0.717) is 12.2 Å². The second kappa shape index (κ2) is 6.04. The summed E-state index contributed by atoms with van der Waals surface area (Å²) in [5, 5.41) is 11.8. The van der Waals surface area contributed by atoms with Gasteiger partial charge in [-0.15, -0.1) is 0 Å². The van der Waals surface area contributed by atoms with Crippen LogP contribution in [0.1, 0.15) is 21.6 Å². The zero-order chi connectivity index (χ0) is 13.8. The molecule has 0 bridgehead atoms. The largest absolute Gasteiger partial charge is 0.392 e. The van der Waals surface area contributed by atoms with Crippen LogP contribution in [0.25, 0.3) is 0 Å². The molecule has 2 N–H and O–H groups in total. The van der Waals surface area contributed by atoms with E-state index in [0.717, 1.165) is 15.6 Å². The Morgan fingerprint density at radius 1 is 1.32 bits per heavy atom. The highest BCUT2D eigenvalue weighted by Crippen LogP contribution is 2.13. The minimum atomic E-state index is -0.112. The maximum Gasteiger partial charge on any atom is 0.268 e. The van der Waals surface area contributed by atoms with E-state index in [9.17, 15) is 4.79 Å². The Bertz CT molecular complexity index is 576. The fraction of sp³-hybridized carbons (Fsp3) is 0.214. The molecule has 1 aromatic heterocycles. The number of halogens is 1. The quantitative estimate of drug-likeness (QED) is 0.906. The molecule has 0 fully saturated rings. The number of carbonyl (C=O) groups is 1. The van der Waals surface area contributed by atoms with Crippen LogP contribution in [0, 0.1) is 0 Å². The average molecular weight is 323 g/mol. The Hall–Kier alpha value is -1.59. The van der Waals surface area contributed by atoms with E-state index < -0.39 is 0 Å². The Morgan fingerprint density at radius 3 is 2.47 bits per heavy atom. The van der Waals surface area contributed by atoms with Crippen molar-refractivity contribution in [2.45, 2.75) is 13.2 Å². The van der Waals surface area contributed by atoms with Crippen molar-refractivity contribution in [1.29, 1.82) is 0 Å². The first kappa shape index (κ1) is 13.8. The average Bonchev–Trinajstić information content (AvgIpc) is 2.75. The van der Waals surface area contributed by atoms with Crippen molar-refractivity contribution in [2.75, 3.05) is 0 Å². The van der Waals surface area contributed by atoms with Gasteiger partial charge < -0.3 is 15.0 Å². The molecule has 100 valence electrons. The molecule has 1 amide bonds. The highest BCUT2D eigenvalue weighted by molar-refractivity contribution is 9.10. The van der Waals surface area contributed by atoms with Crippen molar-refractivity contribution >= 4 is 21.8 Å². The third-order valence-corrected chi connectivity index (χ3v) is 3.30. The summed E-state index contributed by atoms with van der Waals surface area (Å²) in [4.78, 5) is 12.0. The Morgan fingerprint density at radius 2 is 1.95 bits per heavy atom. The number of aliphatic hydroxyl groups is 1. The molecule has 0 radical (unpaired) electrons. The molecule has 1 heterocycles. The summed E-state index contributed by atoms with van der Waals surface area (Å²) in [5.74, 6) is -0.112. The third-order valence-electron chi connectivity index (χ3n) is 2.86. The number of aromatic nitrogens is 1. The molecule has 0 unspecified atom stereocenters. The second-order valence-corrected chi connectivity index (χ2v) is 5.23. The maximum atomic E-state index is 12.0. The normalized spacial score (nSPS) is 10.5. The summed E-state index contributed by atoms with van der Waals surface area (Å²) < 4.78 is 2.65. The molecule has 0 aliphatic heterocycles. The number of aryl methyl sites for hydroxylation is 1. The minimum absolute atomic E-state index is 0.0318. The molecule has 1 aromatic carbocycles. The van der Waals surface area contributed by atoms with Crippen LogP contribution in [-0.2, 0) is 20.2 Å². The lowest BCUT2D eigenvalue weighted by molar-refractivity contribution is 0.0943. The van der Waals surface area contributed by atoms with Crippen molar-refractivity contribution in [3.63, 3.8) is 0 Å². The van der Waals surface area contributed by atoms with Crippen LogP contribution in [0.5, 0.6) is 0 Å². The number of aliphatic hydroxyl groups excluding tert-OH is 1. The number of hydrogen-bond donors (Lipinski definition) is 2. The smallest absolute Gasteiger partial charge is 0.268 e. The molecule has 0 spiro atoms. The van der Waals surface area contributed by atoms with Gasteiger partial charge in [0, 0.05) is 24.3 Å². The maximum absolute atomic E-state index is 12.0. The fourth-order valence-corrected chi connectivity index (χ4v) is 2.31. The zero-order valence-electron chi connectivity index (χ0n) is 10.6. The summed E-state index contributed by atoms with van der Waals surface area (Å²) in [6.07, 6.45) is 1.84. The molecule has 19 heavy (non-hydrogen) atoms. The van der Waals surface area contributed by atoms with Crippen molar-refractivity contribution in [1.82, 2.24) is 9.88 Å². The van der Waals surface area contributed by atoms with Crippen LogP contribution >= 0.6 is 15.9 Å². The van der Waals surface area contributed by atoms with Gasteiger partial charge in [0.25, 0.3) is 5.91 Å². The lowest BCUT2D eigenvalue weighted by Crippen LogP contribution is -2.24. The summed E-state index contributed by atoms with van der Waals surface area (Å²) in [6, 6.07) is 9.27. The zero-order valence-corrected chi connectivity index (χ0v) is 12.1. The molecule has 5 heteroatoms. The first-order valence-corrected chi connectivity index (χ1v) is 6.68. The number of benzene rings is 1. The lowest BCUT2D eigenvalue weighted by Gasteiger charge is -2.06. The molecule has 0 saturated carbocycles. The van der Waals surface area contributed by atoms with Gasteiger partial charge in [0.1, 0.15) is 5.69 Å². The van der Waals surface area contributed by atoms with E-state index >= 15 is 0 Å². The highest BCUT2D eigenvalue weighted by Gasteiger charge is 2.10. The van der Waals surface area contributed by atoms with Gasteiger partial charge in [-0.25, -0.2) is 0 Å². The fourth-order valence-electron chi connectivity index (χ4n) is 1.79.